The maximum atomic E-state index is 12.3. The molecule has 0 aliphatic carbocycles. The Bertz CT molecular complexity index is 594. The van der Waals surface area contributed by atoms with Crippen LogP contribution in [0.25, 0.3) is 0 Å². The number of nitrogens with zero attached hydrogens (tertiary/aromatic N) is 2. The number of guanidine groups is 1. The predicted octanol–water partition coefficient (Wildman–Crippen LogP) is 2.92. The van der Waals surface area contributed by atoms with Gasteiger partial charge in [-0.25, -0.2) is 8.78 Å². The van der Waals surface area contributed by atoms with Crippen molar-refractivity contribution >= 4 is 5.96 Å². The van der Waals surface area contributed by atoms with E-state index in [4.69, 9.17) is 14.2 Å². The molecule has 0 saturated carbocycles. The number of nitrogens with one attached hydrogen (secondary N) is 1. The number of piperidine rings is 1. The molecule has 0 radical (unpaired) electrons. The highest BCUT2D eigenvalue weighted by Crippen LogP contribution is 2.16. The Morgan fingerprint density at radius 3 is 2.75 bits per heavy atom. The number of halogens is 2. The minimum absolute atomic E-state index is 0.287. The number of hydrogen-bond acceptors (Lipinski definition) is 4. The first kappa shape index (κ1) is 22.4. The van der Waals surface area contributed by atoms with Crippen LogP contribution in [-0.2, 0) is 16.0 Å². The van der Waals surface area contributed by atoms with Crippen molar-refractivity contribution in [3.8, 4) is 5.75 Å². The third-order valence-corrected chi connectivity index (χ3v) is 4.52. The quantitative estimate of drug-likeness (QED) is 0.373. The number of ether oxygens (including phenoxy) is 3. The standard InChI is InChI=1S/C20H31F2N3O3/c1-23-20(25-9-7-17(8-10-25)27-12-4-11-26-2)24-14-16-5-3-6-18(13-16)28-15-19(21)22/h3,5-6,13,17,19H,4,7-12,14-15H2,1-2H3,(H,23,24). The topological polar surface area (TPSA) is 55.3 Å². The van der Waals surface area contributed by atoms with Gasteiger partial charge in [-0.15, -0.1) is 0 Å². The summed E-state index contributed by atoms with van der Waals surface area (Å²) in [5, 5.41) is 3.34. The first-order valence-electron chi connectivity index (χ1n) is 9.68. The fraction of sp³-hybridized carbons (Fsp3) is 0.650. The van der Waals surface area contributed by atoms with Crippen molar-refractivity contribution < 1.29 is 23.0 Å². The van der Waals surface area contributed by atoms with E-state index in [0.29, 0.717) is 12.3 Å². The SMILES string of the molecule is CN=C(NCc1cccc(OCC(F)F)c1)N1CCC(OCCCOC)CC1. The maximum absolute atomic E-state index is 12.3. The molecule has 1 aromatic carbocycles. The molecule has 1 aliphatic rings. The highest BCUT2D eigenvalue weighted by atomic mass is 19.3. The Balaban J connectivity index is 1.75. The molecule has 1 aliphatic heterocycles. The lowest BCUT2D eigenvalue weighted by molar-refractivity contribution is 0.00989. The summed E-state index contributed by atoms with van der Waals surface area (Å²) in [7, 11) is 3.46. The van der Waals surface area contributed by atoms with E-state index in [0.717, 1.165) is 57.1 Å². The number of methoxy groups -OCH3 is 1. The molecule has 0 aromatic heterocycles. The van der Waals surface area contributed by atoms with Gasteiger partial charge >= 0.3 is 0 Å². The monoisotopic (exact) mass is 399 g/mol. The molecule has 1 heterocycles. The summed E-state index contributed by atoms with van der Waals surface area (Å²) >= 11 is 0. The average Bonchev–Trinajstić information content (AvgIpc) is 2.71. The van der Waals surface area contributed by atoms with Gasteiger partial charge in [0.25, 0.3) is 6.43 Å². The smallest absolute Gasteiger partial charge is 0.272 e. The molecule has 0 amide bonds. The zero-order chi connectivity index (χ0) is 20.2. The third-order valence-electron chi connectivity index (χ3n) is 4.52. The lowest BCUT2D eigenvalue weighted by atomic mass is 10.1. The molecule has 6 nitrogen and oxygen atoms in total. The zero-order valence-corrected chi connectivity index (χ0v) is 16.7. The number of rotatable bonds is 10. The van der Waals surface area contributed by atoms with Crippen LogP contribution in [0.4, 0.5) is 8.78 Å². The second-order valence-corrected chi connectivity index (χ2v) is 6.65. The van der Waals surface area contributed by atoms with E-state index in [2.05, 4.69) is 15.2 Å². The van der Waals surface area contributed by atoms with Gasteiger partial charge in [0.15, 0.2) is 5.96 Å². The first-order chi connectivity index (χ1) is 13.6. The summed E-state index contributed by atoms with van der Waals surface area (Å²) in [6, 6.07) is 7.17. The van der Waals surface area contributed by atoms with Crippen LogP contribution in [-0.4, -0.2) is 70.5 Å². The molecule has 158 valence electrons. The Morgan fingerprint density at radius 2 is 2.07 bits per heavy atom. The van der Waals surface area contributed by atoms with E-state index in [1.807, 2.05) is 6.07 Å². The van der Waals surface area contributed by atoms with Crippen LogP contribution in [0.1, 0.15) is 24.8 Å². The second kappa shape index (κ2) is 12.5. The number of aliphatic imine (C=N–C) groups is 1. The van der Waals surface area contributed by atoms with E-state index in [9.17, 15) is 8.78 Å². The van der Waals surface area contributed by atoms with Gasteiger partial charge in [0.1, 0.15) is 12.4 Å². The van der Waals surface area contributed by atoms with Crippen molar-refractivity contribution in [2.75, 3.05) is 47.1 Å². The van der Waals surface area contributed by atoms with Crippen molar-refractivity contribution in [2.45, 2.75) is 38.3 Å². The van der Waals surface area contributed by atoms with Crippen molar-refractivity contribution in [3.05, 3.63) is 29.8 Å². The molecule has 0 unspecified atom stereocenters. The van der Waals surface area contributed by atoms with E-state index in [1.165, 1.54) is 0 Å². The number of alkyl halides is 2. The fourth-order valence-electron chi connectivity index (χ4n) is 3.11. The number of benzene rings is 1. The molecule has 1 N–H and O–H groups in total. The minimum Gasteiger partial charge on any atom is -0.488 e. The Hall–Kier alpha value is -1.93. The first-order valence-corrected chi connectivity index (χ1v) is 9.68. The molecule has 1 fully saturated rings. The highest BCUT2D eigenvalue weighted by molar-refractivity contribution is 5.80. The second-order valence-electron chi connectivity index (χ2n) is 6.65. The van der Waals surface area contributed by atoms with E-state index < -0.39 is 13.0 Å². The van der Waals surface area contributed by atoms with Gasteiger partial charge in [-0.2, -0.15) is 0 Å². The summed E-state index contributed by atoms with van der Waals surface area (Å²) in [4.78, 5) is 6.58. The molecule has 0 bridgehead atoms. The normalized spacial score (nSPS) is 15.9. The molecule has 0 atom stereocenters. The fourth-order valence-corrected chi connectivity index (χ4v) is 3.11. The molecule has 28 heavy (non-hydrogen) atoms. The summed E-state index contributed by atoms with van der Waals surface area (Å²) < 4.78 is 40.6. The molecule has 0 spiro atoms. The highest BCUT2D eigenvalue weighted by Gasteiger charge is 2.21. The summed E-state index contributed by atoms with van der Waals surface area (Å²) in [5.41, 5.74) is 0.948. The van der Waals surface area contributed by atoms with Gasteiger partial charge in [0.2, 0.25) is 0 Å². The third kappa shape index (κ3) is 7.98. The molecular formula is C20H31F2N3O3. The van der Waals surface area contributed by atoms with Crippen LogP contribution in [0.2, 0.25) is 0 Å². The predicted molar refractivity (Wildman–Crippen MR) is 105 cm³/mol. The van der Waals surface area contributed by atoms with Crippen LogP contribution in [0.15, 0.2) is 29.3 Å². The number of likely N-dealkylation sites (tertiary alicyclic amines) is 1. The molecule has 8 heteroatoms. The van der Waals surface area contributed by atoms with Crippen LogP contribution < -0.4 is 10.1 Å². The Morgan fingerprint density at radius 1 is 1.29 bits per heavy atom. The summed E-state index contributed by atoms with van der Waals surface area (Å²) in [5.74, 6) is 1.28. The van der Waals surface area contributed by atoms with Crippen LogP contribution in [0, 0.1) is 0 Å². The minimum atomic E-state index is -2.48. The molecule has 1 aromatic rings. The van der Waals surface area contributed by atoms with Gasteiger partial charge in [0, 0.05) is 47.0 Å². The molecular weight excluding hydrogens is 368 g/mol. The van der Waals surface area contributed by atoms with Crippen molar-refractivity contribution in [1.82, 2.24) is 10.2 Å². The van der Waals surface area contributed by atoms with Gasteiger partial charge in [-0.05, 0) is 37.0 Å². The van der Waals surface area contributed by atoms with E-state index in [-0.39, 0.29) is 6.10 Å². The van der Waals surface area contributed by atoms with Gasteiger partial charge in [0.05, 0.1) is 6.10 Å². The van der Waals surface area contributed by atoms with Crippen LogP contribution >= 0.6 is 0 Å². The lowest BCUT2D eigenvalue weighted by Crippen LogP contribution is -2.46. The Labute approximate surface area is 165 Å². The summed E-state index contributed by atoms with van der Waals surface area (Å²) in [6.07, 6.45) is 0.650. The maximum Gasteiger partial charge on any atom is 0.272 e. The molecule has 1 saturated heterocycles. The van der Waals surface area contributed by atoms with E-state index >= 15 is 0 Å². The van der Waals surface area contributed by atoms with Crippen molar-refractivity contribution in [2.24, 2.45) is 4.99 Å². The van der Waals surface area contributed by atoms with Gasteiger partial charge in [-0.1, -0.05) is 12.1 Å². The lowest BCUT2D eigenvalue weighted by Gasteiger charge is -2.34. The summed E-state index contributed by atoms with van der Waals surface area (Å²) in [6.45, 7) is 3.17. The Kier molecular flexibility index (Phi) is 9.99. The average molecular weight is 399 g/mol. The zero-order valence-electron chi connectivity index (χ0n) is 16.7. The molecule has 2 rings (SSSR count). The van der Waals surface area contributed by atoms with Crippen molar-refractivity contribution in [3.63, 3.8) is 0 Å². The largest absolute Gasteiger partial charge is 0.488 e. The van der Waals surface area contributed by atoms with Crippen molar-refractivity contribution in [1.29, 1.82) is 0 Å². The number of hydrogen-bond donors (Lipinski definition) is 1. The van der Waals surface area contributed by atoms with Gasteiger partial charge < -0.3 is 24.4 Å². The van der Waals surface area contributed by atoms with E-state index in [1.54, 1.807) is 32.4 Å². The van der Waals surface area contributed by atoms with Gasteiger partial charge in [-0.3, -0.25) is 4.99 Å². The van der Waals surface area contributed by atoms with Crippen LogP contribution in [0.3, 0.4) is 0 Å². The van der Waals surface area contributed by atoms with Crippen LogP contribution in [0.5, 0.6) is 5.75 Å².